The Morgan fingerprint density at radius 1 is 1.29 bits per heavy atom. The number of benzene rings is 1. The molecule has 0 bridgehead atoms. The summed E-state index contributed by atoms with van der Waals surface area (Å²) in [4.78, 5) is 2.26. The summed E-state index contributed by atoms with van der Waals surface area (Å²) in [7, 11) is 0. The first-order chi connectivity index (χ1) is 6.75. The van der Waals surface area contributed by atoms with Gasteiger partial charge < -0.3 is 5.73 Å². The van der Waals surface area contributed by atoms with E-state index < -0.39 is 0 Å². The van der Waals surface area contributed by atoms with Gasteiger partial charge >= 0.3 is 0 Å². The second kappa shape index (κ2) is 4.26. The van der Waals surface area contributed by atoms with E-state index in [0.717, 1.165) is 10.6 Å². The number of hydrogen-bond donors (Lipinski definition) is 1. The molecule has 72 valence electrons. The van der Waals surface area contributed by atoms with Crippen LogP contribution in [0.25, 0.3) is 0 Å². The van der Waals surface area contributed by atoms with Crippen molar-refractivity contribution in [3.05, 3.63) is 40.0 Å². The first kappa shape index (κ1) is 9.90. The molecule has 0 amide bonds. The fourth-order valence-electron chi connectivity index (χ4n) is 1.05. The van der Waals surface area contributed by atoms with Crippen LogP contribution in [0.3, 0.4) is 0 Å². The number of hydrogen-bond acceptors (Lipinski definition) is 3. The molecule has 14 heavy (non-hydrogen) atoms. The van der Waals surface area contributed by atoms with Crippen molar-refractivity contribution in [2.75, 3.05) is 5.73 Å². The fourth-order valence-corrected chi connectivity index (χ4v) is 2.89. The molecule has 0 fully saturated rings. The minimum absolute atomic E-state index is 0.678. The summed E-state index contributed by atoms with van der Waals surface area (Å²) in [6.07, 6.45) is 0. The molecule has 0 radical (unpaired) electrons. The molecule has 1 aromatic heterocycles. The minimum Gasteiger partial charge on any atom is -0.398 e. The molecule has 2 N–H and O–H groups in total. The smallest absolute Gasteiger partial charge is 0.0470 e. The van der Waals surface area contributed by atoms with E-state index >= 15 is 0 Å². The number of rotatable bonds is 2. The fraction of sp³-hybridized carbons (Fsp3) is 0. The monoisotopic (exact) mass is 241 g/mol. The van der Waals surface area contributed by atoms with Crippen LogP contribution in [0.2, 0.25) is 5.02 Å². The minimum atomic E-state index is 0.678. The van der Waals surface area contributed by atoms with Crippen molar-refractivity contribution in [1.29, 1.82) is 0 Å². The summed E-state index contributed by atoms with van der Waals surface area (Å²) < 4.78 is 0. The Kier molecular flexibility index (Phi) is 3.01. The van der Waals surface area contributed by atoms with Gasteiger partial charge in [0.25, 0.3) is 0 Å². The lowest BCUT2D eigenvalue weighted by Crippen LogP contribution is -1.87. The molecule has 0 atom stereocenters. The van der Waals surface area contributed by atoms with E-state index in [1.165, 1.54) is 4.90 Å². The van der Waals surface area contributed by atoms with E-state index in [-0.39, 0.29) is 0 Å². The maximum absolute atomic E-state index is 5.84. The summed E-state index contributed by atoms with van der Waals surface area (Å²) in [5.41, 5.74) is 6.57. The first-order valence-corrected chi connectivity index (χ1v) is 6.14. The highest BCUT2D eigenvalue weighted by Gasteiger charge is 2.02. The Morgan fingerprint density at radius 2 is 2.14 bits per heavy atom. The molecule has 0 aliphatic heterocycles. The Bertz CT molecular complexity index is 426. The number of anilines is 1. The maximum Gasteiger partial charge on any atom is 0.0470 e. The van der Waals surface area contributed by atoms with Crippen LogP contribution in [0.5, 0.6) is 0 Å². The Hall–Kier alpha value is -0.640. The topological polar surface area (TPSA) is 26.0 Å². The molecule has 2 aromatic rings. The highest BCUT2D eigenvalue weighted by molar-refractivity contribution is 7.99. The number of halogens is 1. The van der Waals surface area contributed by atoms with E-state index in [9.17, 15) is 0 Å². The number of thiophene rings is 1. The molecule has 0 spiro atoms. The lowest BCUT2D eigenvalue weighted by atomic mass is 10.3. The van der Waals surface area contributed by atoms with Gasteiger partial charge in [0.2, 0.25) is 0 Å². The Morgan fingerprint density at radius 3 is 2.79 bits per heavy atom. The van der Waals surface area contributed by atoms with E-state index in [2.05, 4.69) is 16.8 Å². The molecular weight excluding hydrogens is 234 g/mol. The Labute approximate surface area is 95.9 Å². The lowest BCUT2D eigenvalue weighted by molar-refractivity contribution is 1.44. The van der Waals surface area contributed by atoms with Crippen LogP contribution >= 0.6 is 34.7 Å². The summed E-state index contributed by atoms with van der Waals surface area (Å²) in [5.74, 6) is 0. The van der Waals surface area contributed by atoms with E-state index in [1.54, 1.807) is 29.2 Å². The van der Waals surface area contributed by atoms with Gasteiger partial charge in [0, 0.05) is 25.9 Å². The van der Waals surface area contributed by atoms with Gasteiger partial charge in [-0.25, -0.2) is 0 Å². The third-order valence-corrected chi connectivity index (χ3v) is 3.84. The second-order valence-electron chi connectivity index (χ2n) is 2.74. The number of nitrogen functional groups attached to an aromatic ring is 1. The summed E-state index contributed by atoms with van der Waals surface area (Å²) in [5, 5.41) is 4.82. The molecular formula is C10H8ClNS2. The SMILES string of the molecule is Nc1cc(Cl)ccc1Sc1ccsc1. The van der Waals surface area contributed by atoms with Crippen molar-refractivity contribution in [2.45, 2.75) is 9.79 Å². The van der Waals surface area contributed by atoms with Gasteiger partial charge in [-0.2, -0.15) is 11.3 Å². The van der Waals surface area contributed by atoms with Crippen molar-refractivity contribution in [1.82, 2.24) is 0 Å². The maximum atomic E-state index is 5.84. The van der Waals surface area contributed by atoms with Crippen molar-refractivity contribution in [2.24, 2.45) is 0 Å². The third-order valence-electron chi connectivity index (χ3n) is 1.69. The first-order valence-electron chi connectivity index (χ1n) is 4.01. The highest BCUT2D eigenvalue weighted by atomic mass is 35.5. The number of nitrogens with two attached hydrogens (primary N) is 1. The van der Waals surface area contributed by atoms with Crippen LogP contribution in [0.4, 0.5) is 5.69 Å². The molecule has 0 aliphatic carbocycles. The normalized spacial score (nSPS) is 10.4. The third kappa shape index (κ3) is 2.23. The molecule has 2 rings (SSSR count). The van der Waals surface area contributed by atoms with Gasteiger partial charge in [-0.3, -0.25) is 0 Å². The molecule has 0 unspecified atom stereocenters. The van der Waals surface area contributed by atoms with Crippen molar-refractivity contribution in [3.8, 4) is 0 Å². The van der Waals surface area contributed by atoms with Crippen molar-refractivity contribution >= 4 is 40.4 Å². The molecule has 0 aliphatic rings. The zero-order valence-corrected chi connectivity index (χ0v) is 9.62. The quantitative estimate of drug-likeness (QED) is 0.800. The van der Waals surface area contributed by atoms with Crippen LogP contribution in [-0.4, -0.2) is 0 Å². The average Bonchev–Trinajstić information content (AvgIpc) is 2.62. The van der Waals surface area contributed by atoms with Crippen molar-refractivity contribution < 1.29 is 0 Å². The van der Waals surface area contributed by atoms with Crippen LogP contribution in [0.1, 0.15) is 0 Å². The van der Waals surface area contributed by atoms with Crippen LogP contribution < -0.4 is 5.73 Å². The van der Waals surface area contributed by atoms with Gasteiger partial charge in [0.1, 0.15) is 0 Å². The average molecular weight is 242 g/mol. The summed E-state index contributed by atoms with van der Waals surface area (Å²) in [6, 6.07) is 7.65. The van der Waals surface area contributed by atoms with Gasteiger partial charge in [0.15, 0.2) is 0 Å². The van der Waals surface area contributed by atoms with E-state index in [4.69, 9.17) is 17.3 Å². The summed E-state index contributed by atoms with van der Waals surface area (Å²) in [6.45, 7) is 0. The molecule has 0 saturated heterocycles. The predicted molar refractivity (Wildman–Crippen MR) is 64.3 cm³/mol. The predicted octanol–water partition coefficient (Wildman–Crippen LogP) is 4.13. The zero-order valence-electron chi connectivity index (χ0n) is 7.24. The highest BCUT2D eigenvalue weighted by Crippen LogP contribution is 2.34. The molecule has 4 heteroatoms. The molecule has 0 saturated carbocycles. The van der Waals surface area contributed by atoms with Gasteiger partial charge in [-0.15, -0.1) is 0 Å². The standard InChI is InChI=1S/C10H8ClNS2/c11-7-1-2-10(9(12)5-7)14-8-3-4-13-6-8/h1-6H,12H2. The van der Waals surface area contributed by atoms with Gasteiger partial charge in [-0.1, -0.05) is 23.4 Å². The van der Waals surface area contributed by atoms with Gasteiger partial charge in [-0.05, 0) is 29.6 Å². The van der Waals surface area contributed by atoms with Crippen LogP contribution in [-0.2, 0) is 0 Å². The van der Waals surface area contributed by atoms with Crippen molar-refractivity contribution in [3.63, 3.8) is 0 Å². The largest absolute Gasteiger partial charge is 0.398 e. The molecule has 1 nitrogen and oxygen atoms in total. The molecule has 1 heterocycles. The van der Waals surface area contributed by atoms with Gasteiger partial charge in [0.05, 0.1) is 0 Å². The Balaban J connectivity index is 2.25. The van der Waals surface area contributed by atoms with E-state index in [0.29, 0.717) is 5.02 Å². The van der Waals surface area contributed by atoms with Crippen LogP contribution in [0.15, 0.2) is 44.8 Å². The zero-order chi connectivity index (χ0) is 9.97. The van der Waals surface area contributed by atoms with E-state index in [1.807, 2.05) is 12.1 Å². The summed E-state index contributed by atoms with van der Waals surface area (Å²) >= 11 is 9.15. The van der Waals surface area contributed by atoms with Crippen LogP contribution in [0, 0.1) is 0 Å². The molecule has 1 aromatic carbocycles. The second-order valence-corrected chi connectivity index (χ2v) is 5.08. The lowest BCUT2D eigenvalue weighted by Gasteiger charge is -2.03.